The minimum atomic E-state index is -0.451. The molecule has 5 nitrogen and oxygen atoms in total. The number of hydrogen-bond donors (Lipinski definition) is 2. The van der Waals surface area contributed by atoms with Crippen molar-refractivity contribution < 1.29 is 9.18 Å². The summed E-state index contributed by atoms with van der Waals surface area (Å²) in [4.78, 5) is 17.8. The molecule has 1 aromatic rings. The normalized spacial score (nSPS) is 25.1. The Hall–Kier alpha value is -1.44. The maximum Gasteiger partial charge on any atom is 0.331 e. The van der Waals surface area contributed by atoms with Crippen molar-refractivity contribution in [3.8, 4) is 0 Å². The molecule has 2 atom stereocenters. The van der Waals surface area contributed by atoms with E-state index in [-0.39, 0.29) is 17.4 Å². The number of likely N-dealkylation sites (N-methyl/N-ethyl adjacent to an activating group) is 1. The number of hydrogen-bond acceptors (Lipinski definition) is 4. The lowest BCUT2D eigenvalue weighted by Crippen LogP contribution is -2.54. The number of carbonyl (C=O) groups is 1. The highest BCUT2D eigenvalue weighted by Gasteiger charge is 2.36. The number of benzene rings is 1. The first kappa shape index (κ1) is 17.4. The summed E-state index contributed by atoms with van der Waals surface area (Å²) >= 11 is 10.7. The Morgan fingerprint density at radius 1 is 1.42 bits per heavy atom. The van der Waals surface area contributed by atoms with E-state index in [0.29, 0.717) is 23.1 Å². The van der Waals surface area contributed by atoms with Crippen LogP contribution in [0.15, 0.2) is 30.1 Å². The van der Waals surface area contributed by atoms with Crippen LogP contribution >= 0.6 is 24.2 Å². The monoisotopic (exact) mass is 370 g/mol. The van der Waals surface area contributed by atoms with Crippen LogP contribution in [0.5, 0.6) is 0 Å². The van der Waals surface area contributed by atoms with Gasteiger partial charge in [-0.15, -0.1) is 0 Å². The summed E-state index contributed by atoms with van der Waals surface area (Å²) in [5.41, 5.74) is 6.40. The van der Waals surface area contributed by atoms with Gasteiger partial charge in [-0.3, -0.25) is 0 Å². The molecule has 1 saturated heterocycles. The van der Waals surface area contributed by atoms with Crippen molar-refractivity contribution in [3.05, 3.63) is 40.9 Å². The van der Waals surface area contributed by atoms with Crippen molar-refractivity contribution in [2.24, 2.45) is 5.73 Å². The molecule has 2 aliphatic heterocycles. The van der Waals surface area contributed by atoms with E-state index in [4.69, 9.17) is 17.3 Å². The largest absolute Gasteiger partial charge is 0.356 e. The summed E-state index contributed by atoms with van der Waals surface area (Å²) in [6, 6.07) is 3.72. The fourth-order valence-corrected chi connectivity index (χ4v) is 3.47. The zero-order chi connectivity index (χ0) is 17.4. The third-order valence-electron chi connectivity index (χ3n) is 4.35. The van der Waals surface area contributed by atoms with Crippen LogP contribution in [0.4, 0.5) is 14.9 Å². The lowest BCUT2D eigenvalue weighted by molar-refractivity contribution is 0.201. The first-order valence-electron chi connectivity index (χ1n) is 7.81. The van der Waals surface area contributed by atoms with Gasteiger partial charge in [0.25, 0.3) is 0 Å². The fourth-order valence-electron chi connectivity index (χ4n) is 3.04. The Bertz CT molecular complexity index is 686. The van der Waals surface area contributed by atoms with Crippen molar-refractivity contribution in [1.82, 2.24) is 9.80 Å². The quantitative estimate of drug-likeness (QED) is 0.787. The number of halogens is 2. The van der Waals surface area contributed by atoms with Crippen LogP contribution in [0.2, 0.25) is 5.02 Å². The summed E-state index contributed by atoms with van der Waals surface area (Å²) in [6.45, 7) is 1.41. The lowest BCUT2D eigenvalue weighted by atomic mass is 10.1. The van der Waals surface area contributed by atoms with E-state index in [1.807, 2.05) is 11.0 Å². The molecule has 2 aliphatic rings. The number of likely N-dealkylation sites (tertiary alicyclic amines) is 1. The van der Waals surface area contributed by atoms with Gasteiger partial charge in [-0.05, 0) is 37.1 Å². The molecule has 2 amide bonds. The van der Waals surface area contributed by atoms with Crippen molar-refractivity contribution in [2.75, 3.05) is 25.0 Å². The molecule has 1 aromatic carbocycles. The van der Waals surface area contributed by atoms with E-state index in [9.17, 15) is 9.18 Å². The number of carbonyl (C=O) groups excluding carboxylic acids is 1. The van der Waals surface area contributed by atoms with Gasteiger partial charge < -0.3 is 15.5 Å². The summed E-state index contributed by atoms with van der Waals surface area (Å²) in [7, 11) is 1.65. The zero-order valence-corrected chi connectivity index (χ0v) is 15.0. The van der Waals surface area contributed by atoms with Gasteiger partial charge >= 0.3 is 6.03 Å². The Morgan fingerprint density at radius 2 is 2.17 bits per heavy atom. The molecule has 130 valence electrons. The molecule has 0 radical (unpaired) electrons. The highest BCUT2D eigenvalue weighted by molar-refractivity contribution is 7.81. The summed E-state index contributed by atoms with van der Waals surface area (Å²) < 4.78 is 13.8. The predicted molar refractivity (Wildman–Crippen MR) is 96.7 cm³/mol. The molecule has 0 aromatic heterocycles. The van der Waals surface area contributed by atoms with Gasteiger partial charge in [0.05, 0.1) is 16.1 Å². The topological polar surface area (TPSA) is 52.8 Å². The second-order valence-electron chi connectivity index (χ2n) is 6.11. The van der Waals surface area contributed by atoms with Crippen LogP contribution in [0.1, 0.15) is 12.8 Å². The smallest absolute Gasteiger partial charge is 0.331 e. The van der Waals surface area contributed by atoms with Gasteiger partial charge in [-0.2, -0.15) is 12.6 Å². The molecule has 24 heavy (non-hydrogen) atoms. The first-order valence-corrected chi connectivity index (χ1v) is 8.70. The molecule has 3 rings (SSSR count). The Kier molecular flexibility index (Phi) is 4.94. The minimum Gasteiger partial charge on any atom is -0.356 e. The molecule has 2 N–H and O–H groups in total. The van der Waals surface area contributed by atoms with E-state index in [2.05, 4.69) is 12.6 Å². The van der Waals surface area contributed by atoms with Crippen LogP contribution in [0.3, 0.4) is 0 Å². The van der Waals surface area contributed by atoms with E-state index in [1.165, 1.54) is 28.0 Å². The molecule has 2 heterocycles. The molecule has 0 spiro atoms. The van der Waals surface area contributed by atoms with Crippen molar-refractivity contribution in [3.63, 3.8) is 0 Å². The maximum absolute atomic E-state index is 13.8. The van der Waals surface area contributed by atoms with Gasteiger partial charge in [0.1, 0.15) is 11.6 Å². The molecule has 0 aliphatic carbocycles. The van der Waals surface area contributed by atoms with Gasteiger partial charge in [0.15, 0.2) is 0 Å². The van der Waals surface area contributed by atoms with Crippen molar-refractivity contribution in [1.29, 1.82) is 0 Å². The van der Waals surface area contributed by atoms with Gasteiger partial charge in [-0.25, -0.2) is 14.1 Å². The second-order valence-corrected chi connectivity index (χ2v) is 7.05. The van der Waals surface area contributed by atoms with E-state index in [1.54, 1.807) is 7.05 Å². The second kappa shape index (κ2) is 6.82. The number of nitrogens with two attached hydrogens (primary N) is 1. The minimum absolute atomic E-state index is 0.0395. The number of amides is 2. The highest BCUT2D eigenvalue weighted by atomic mass is 35.5. The zero-order valence-electron chi connectivity index (χ0n) is 13.3. The van der Waals surface area contributed by atoms with E-state index >= 15 is 0 Å². The molecule has 0 bridgehead atoms. The third-order valence-corrected chi connectivity index (χ3v) is 5.16. The Morgan fingerprint density at radius 3 is 2.88 bits per heavy atom. The van der Waals surface area contributed by atoms with E-state index in [0.717, 1.165) is 19.4 Å². The third kappa shape index (κ3) is 3.20. The van der Waals surface area contributed by atoms with Gasteiger partial charge in [0.2, 0.25) is 0 Å². The molecular formula is C16H20ClFN4OS. The number of piperidine rings is 1. The maximum atomic E-state index is 13.8. The standard InChI is InChI=1S/C16H20ClFN4OS/c1-20-15(24)8-14(21-6-2-3-11(19)9-21)22(16(20)23)13-7-10(18)4-5-12(13)17/h4-5,7-8,11,15,24H,2-3,6,9,19H2,1H3/t11-,15-/m1/s1. The molecule has 0 unspecified atom stereocenters. The van der Waals surface area contributed by atoms with Crippen molar-refractivity contribution >= 4 is 35.9 Å². The number of thiol groups is 1. The van der Waals surface area contributed by atoms with Crippen LogP contribution in [-0.4, -0.2) is 47.4 Å². The van der Waals surface area contributed by atoms with Crippen molar-refractivity contribution in [2.45, 2.75) is 24.3 Å². The van der Waals surface area contributed by atoms with Crippen LogP contribution in [-0.2, 0) is 0 Å². The average Bonchev–Trinajstić information content (AvgIpc) is 2.55. The number of anilines is 1. The number of urea groups is 1. The highest BCUT2D eigenvalue weighted by Crippen LogP contribution is 2.35. The first-order chi connectivity index (χ1) is 11.4. The Balaban J connectivity index is 2.06. The molecular weight excluding hydrogens is 351 g/mol. The summed E-state index contributed by atoms with van der Waals surface area (Å²) in [5.74, 6) is 0.202. The summed E-state index contributed by atoms with van der Waals surface area (Å²) in [6.07, 6.45) is 3.75. The van der Waals surface area contributed by atoms with Gasteiger partial charge in [-0.1, -0.05) is 11.6 Å². The molecule has 0 saturated carbocycles. The average molecular weight is 371 g/mol. The number of rotatable bonds is 2. The van der Waals surface area contributed by atoms with Crippen LogP contribution in [0.25, 0.3) is 0 Å². The van der Waals surface area contributed by atoms with Gasteiger partial charge in [0, 0.05) is 26.2 Å². The fraction of sp³-hybridized carbons (Fsp3) is 0.438. The van der Waals surface area contributed by atoms with E-state index < -0.39 is 5.82 Å². The number of nitrogens with zero attached hydrogens (tertiary/aromatic N) is 3. The summed E-state index contributed by atoms with van der Waals surface area (Å²) in [5, 5.41) is -0.0581. The predicted octanol–water partition coefficient (Wildman–Crippen LogP) is 2.87. The van der Waals surface area contributed by atoms with Crippen LogP contribution < -0.4 is 10.6 Å². The van der Waals surface area contributed by atoms with Crippen LogP contribution in [0, 0.1) is 5.82 Å². The molecule has 1 fully saturated rings. The SMILES string of the molecule is CN1C(=O)N(c2cc(F)ccc2Cl)C(N2CCC[C@@H](N)C2)=C[C@H]1S. The lowest BCUT2D eigenvalue weighted by Gasteiger charge is -2.44. The molecule has 8 heteroatoms. The Labute approximate surface area is 151 Å².